The van der Waals surface area contributed by atoms with E-state index in [4.69, 9.17) is 35.4 Å². The molecule has 2 atom stereocenters. The van der Waals surface area contributed by atoms with Crippen molar-refractivity contribution >= 4 is 55.8 Å². The van der Waals surface area contributed by atoms with Crippen LogP contribution in [0.3, 0.4) is 0 Å². The number of aliphatic hydroxyl groups excluding tert-OH is 2. The Kier molecular flexibility index (Phi) is 22.9. The van der Waals surface area contributed by atoms with E-state index in [0.717, 1.165) is 0 Å². The van der Waals surface area contributed by atoms with E-state index in [-0.39, 0.29) is 37.7 Å². The molecule has 0 rings (SSSR count). The third kappa shape index (κ3) is 50.5. The Bertz CT molecular complexity index is 203. The summed E-state index contributed by atoms with van der Waals surface area (Å²) in [7, 11) is 0. The van der Waals surface area contributed by atoms with Crippen LogP contribution in [0.1, 0.15) is 13.8 Å². The standard InChI is InChI=1S/2C3H6O3.CH2O3.Ca.2H/c2*1-2(4)3(5)6;2-1(3)4;;;/h2*2,4H,1H3,(H,5,6);(H2,2,3,4);;;. The van der Waals surface area contributed by atoms with Crippen molar-refractivity contribution in [3.63, 3.8) is 0 Å². The minimum atomic E-state index is -1.83. The van der Waals surface area contributed by atoms with Crippen molar-refractivity contribution in [3.05, 3.63) is 0 Å². The van der Waals surface area contributed by atoms with Crippen LogP contribution < -0.4 is 0 Å². The van der Waals surface area contributed by atoms with Crippen LogP contribution in [0.2, 0.25) is 0 Å². The molecule has 0 aromatic heterocycles. The Morgan fingerprint density at radius 2 is 0.824 bits per heavy atom. The van der Waals surface area contributed by atoms with Gasteiger partial charge in [0, 0.05) is 0 Å². The molecule has 0 saturated heterocycles. The monoisotopic (exact) mass is 284 g/mol. The predicted octanol–water partition coefficient (Wildman–Crippen LogP) is -1.79. The van der Waals surface area contributed by atoms with Crippen LogP contribution in [0.25, 0.3) is 0 Å². The number of carboxylic acid groups (broad SMARTS) is 4. The van der Waals surface area contributed by atoms with E-state index in [1.54, 1.807) is 0 Å². The molecule has 0 saturated carbocycles. The Balaban J connectivity index is -0.0000000741. The second kappa shape index (κ2) is 15.4. The molecule has 0 heterocycles. The summed E-state index contributed by atoms with van der Waals surface area (Å²) in [6.45, 7) is 2.39. The normalized spacial score (nSPS) is 11.1. The van der Waals surface area contributed by atoms with Crippen LogP contribution >= 0.6 is 0 Å². The van der Waals surface area contributed by atoms with Crippen molar-refractivity contribution < 1.29 is 45.0 Å². The number of aliphatic carboxylic acids is 2. The zero-order chi connectivity index (χ0) is 13.9. The van der Waals surface area contributed by atoms with Crippen LogP contribution in [-0.4, -0.2) is 98.7 Å². The molecule has 2 unspecified atom stereocenters. The van der Waals surface area contributed by atoms with Crippen molar-refractivity contribution in [3.8, 4) is 0 Å². The minimum absolute atomic E-state index is 0. The number of carbonyl (C=O) groups is 3. The van der Waals surface area contributed by atoms with Gasteiger partial charge in [-0.15, -0.1) is 0 Å². The van der Waals surface area contributed by atoms with E-state index in [0.29, 0.717) is 0 Å². The third-order valence-electron chi connectivity index (χ3n) is 0.715. The van der Waals surface area contributed by atoms with Gasteiger partial charge in [0.15, 0.2) is 0 Å². The van der Waals surface area contributed by atoms with Gasteiger partial charge in [-0.05, 0) is 13.8 Å². The van der Waals surface area contributed by atoms with Crippen molar-refractivity contribution in [2.24, 2.45) is 0 Å². The fourth-order valence-electron chi connectivity index (χ4n) is 0. The second-order valence-corrected chi connectivity index (χ2v) is 2.31. The van der Waals surface area contributed by atoms with Gasteiger partial charge in [-0.3, -0.25) is 0 Å². The molecular formula is C7H16CaO9. The van der Waals surface area contributed by atoms with Gasteiger partial charge in [-0.1, -0.05) is 0 Å². The Labute approximate surface area is 126 Å². The number of hydrogen-bond donors (Lipinski definition) is 6. The molecule has 100 valence electrons. The first kappa shape index (κ1) is 25.3. The summed E-state index contributed by atoms with van der Waals surface area (Å²) in [5.41, 5.74) is 0. The third-order valence-corrected chi connectivity index (χ3v) is 0.715. The Morgan fingerprint density at radius 1 is 0.765 bits per heavy atom. The number of rotatable bonds is 2. The Morgan fingerprint density at radius 3 is 0.824 bits per heavy atom. The van der Waals surface area contributed by atoms with E-state index in [2.05, 4.69) is 0 Å². The fraction of sp³-hybridized carbons (Fsp3) is 0.571. The molecule has 0 radical (unpaired) electrons. The number of carboxylic acids is 2. The van der Waals surface area contributed by atoms with Gasteiger partial charge in [-0.25, -0.2) is 14.4 Å². The molecule has 0 bridgehead atoms. The van der Waals surface area contributed by atoms with E-state index in [1.165, 1.54) is 13.8 Å². The van der Waals surface area contributed by atoms with Crippen LogP contribution in [0.15, 0.2) is 0 Å². The average Bonchev–Trinajstić information content (AvgIpc) is 2.03. The maximum atomic E-state index is 9.45. The molecule has 17 heavy (non-hydrogen) atoms. The summed E-state index contributed by atoms with van der Waals surface area (Å²) >= 11 is 0. The summed E-state index contributed by atoms with van der Waals surface area (Å²) in [4.78, 5) is 27.5. The molecule has 0 amide bonds. The van der Waals surface area contributed by atoms with E-state index < -0.39 is 30.3 Å². The molecule has 0 aliphatic carbocycles. The van der Waals surface area contributed by atoms with Gasteiger partial charge in [0.2, 0.25) is 0 Å². The first-order chi connectivity index (χ1) is 7.02. The summed E-state index contributed by atoms with van der Waals surface area (Å²) in [5.74, 6) is -2.37. The summed E-state index contributed by atoms with van der Waals surface area (Å²) in [5, 5.41) is 45.5. The van der Waals surface area contributed by atoms with E-state index in [1.807, 2.05) is 0 Å². The van der Waals surface area contributed by atoms with Crippen LogP contribution in [0.4, 0.5) is 4.79 Å². The molecule has 0 aromatic carbocycles. The van der Waals surface area contributed by atoms with Crippen molar-refractivity contribution in [1.29, 1.82) is 0 Å². The first-order valence-electron chi connectivity index (χ1n) is 3.76. The molecular weight excluding hydrogens is 268 g/mol. The van der Waals surface area contributed by atoms with Gasteiger partial charge in [0.1, 0.15) is 12.2 Å². The Hall–Kier alpha value is -0.610. The SMILES string of the molecule is CC(O)C(=O)O.CC(O)C(=O)O.O=C(O)O.[CaH2]. The molecule has 0 aromatic rings. The van der Waals surface area contributed by atoms with Crippen LogP contribution in [0, 0.1) is 0 Å². The number of aliphatic hydroxyl groups is 2. The quantitative estimate of drug-likeness (QED) is 0.320. The van der Waals surface area contributed by atoms with Gasteiger partial charge in [0.25, 0.3) is 0 Å². The van der Waals surface area contributed by atoms with Crippen molar-refractivity contribution in [2.45, 2.75) is 26.1 Å². The molecule has 9 nitrogen and oxygen atoms in total. The molecule has 0 aliphatic rings. The summed E-state index contributed by atoms with van der Waals surface area (Å²) in [6.07, 6.45) is -4.30. The molecule has 10 heteroatoms. The van der Waals surface area contributed by atoms with Crippen molar-refractivity contribution in [1.82, 2.24) is 0 Å². The topological polar surface area (TPSA) is 173 Å². The molecule has 6 N–H and O–H groups in total. The maximum absolute atomic E-state index is 9.45. The van der Waals surface area contributed by atoms with Crippen molar-refractivity contribution in [2.75, 3.05) is 0 Å². The second-order valence-electron chi connectivity index (χ2n) is 2.31. The first-order valence-corrected chi connectivity index (χ1v) is 3.76. The van der Waals surface area contributed by atoms with Gasteiger partial charge >= 0.3 is 55.8 Å². The van der Waals surface area contributed by atoms with Crippen LogP contribution in [0.5, 0.6) is 0 Å². The molecule has 0 spiro atoms. The zero-order valence-corrected chi connectivity index (χ0v) is 8.56. The zero-order valence-electron chi connectivity index (χ0n) is 8.56. The van der Waals surface area contributed by atoms with Gasteiger partial charge in [-0.2, -0.15) is 0 Å². The van der Waals surface area contributed by atoms with Gasteiger partial charge in [0.05, 0.1) is 0 Å². The summed E-state index contributed by atoms with van der Waals surface area (Å²) in [6, 6.07) is 0. The molecule has 0 fully saturated rings. The summed E-state index contributed by atoms with van der Waals surface area (Å²) < 4.78 is 0. The average molecular weight is 284 g/mol. The fourth-order valence-corrected chi connectivity index (χ4v) is 0. The van der Waals surface area contributed by atoms with Crippen LogP contribution in [-0.2, 0) is 9.59 Å². The van der Waals surface area contributed by atoms with E-state index in [9.17, 15) is 9.59 Å². The molecule has 0 aliphatic heterocycles. The number of hydrogen-bond acceptors (Lipinski definition) is 5. The predicted molar refractivity (Wildman–Crippen MR) is 57.8 cm³/mol. The van der Waals surface area contributed by atoms with E-state index >= 15 is 0 Å². The van der Waals surface area contributed by atoms with Gasteiger partial charge < -0.3 is 30.6 Å².